The summed E-state index contributed by atoms with van der Waals surface area (Å²) in [5.41, 5.74) is 5.97. The smallest absolute Gasteiger partial charge is 0.148 e. The lowest BCUT2D eigenvalue weighted by Gasteiger charge is -2.13. The molecule has 0 aliphatic heterocycles. The average Bonchev–Trinajstić information content (AvgIpc) is 3.12. The molecule has 0 radical (unpaired) electrons. The molecule has 4 heteroatoms. The van der Waals surface area contributed by atoms with E-state index in [2.05, 4.69) is 65.9 Å². The third-order valence-corrected chi connectivity index (χ3v) is 5.55. The topological polar surface area (TPSA) is 39.9 Å². The number of nitrogens with zero attached hydrogens (tertiary/aromatic N) is 3. The van der Waals surface area contributed by atoms with Crippen LogP contribution in [-0.2, 0) is 13.2 Å². The molecule has 5 rings (SSSR count). The van der Waals surface area contributed by atoms with E-state index in [1.54, 1.807) is 6.20 Å². The molecule has 0 N–H and O–H groups in total. The number of aromatic nitrogens is 3. The zero-order valence-electron chi connectivity index (χ0n) is 17.2. The van der Waals surface area contributed by atoms with Gasteiger partial charge in [0.1, 0.15) is 18.2 Å². The fraction of sp³-hybridized carbons (Fsp3) is 0.154. The number of hydrogen-bond donors (Lipinski definition) is 0. The van der Waals surface area contributed by atoms with Crippen LogP contribution < -0.4 is 4.74 Å². The van der Waals surface area contributed by atoms with Gasteiger partial charge in [0.15, 0.2) is 0 Å². The number of fused-ring (bicyclic) bond motifs is 2. The lowest BCUT2D eigenvalue weighted by atomic mass is 10.1. The summed E-state index contributed by atoms with van der Waals surface area (Å²) in [6.07, 6.45) is 3.66. The monoisotopic (exact) mass is 393 g/mol. The Labute approximate surface area is 175 Å². The molecular weight excluding hydrogens is 370 g/mol. The van der Waals surface area contributed by atoms with Crippen LogP contribution in [-0.4, -0.2) is 14.5 Å². The Balaban J connectivity index is 1.48. The predicted octanol–water partition coefficient (Wildman–Crippen LogP) is 5.83. The van der Waals surface area contributed by atoms with Gasteiger partial charge < -0.3 is 9.30 Å². The Bertz CT molecular complexity index is 1350. The van der Waals surface area contributed by atoms with E-state index in [0.717, 1.165) is 39.9 Å². The Morgan fingerprint density at radius 1 is 0.900 bits per heavy atom. The molecule has 0 aliphatic carbocycles. The molecule has 0 saturated heterocycles. The van der Waals surface area contributed by atoms with Crippen LogP contribution in [0.2, 0.25) is 0 Å². The van der Waals surface area contributed by atoms with Crippen LogP contribution in [0.15, 0.2) is 79.1 Å². The summed E-state index contributed by atoms with van der Waals surface area (Å²) in [5, 5.41) is 2.22. The second kappa shape index (κ2) is 7.64. The highest BCUT2D eigenvalue weighted by molar-refractivity contribution is 5.82. The van der Waals surface area contributed by atoms with Gasteiger partial charge in [-0.15, -0.1) is 0 Å². The van der Waals surface area contributed by atoms with Crippen molar-refractivity contribution in [2.24, 2.45) is 0 Å². The van der Waals surface area contributed by atoms with Crippen molar-refractivity contribution in [2.75, 3.05) is 0 Å². The van der Waals surface area contributed by atoms with Crippen molar-refractivity contribution in [3.05, 3.63) is 102 Å². The normalized spacial score (nSPS) is 11.3. The number of aryl methyl sites for hydroxylation is 2. The van der Waals surface area contributed by atoms with Gasteiger partial charge in [0.05, 0.1) is 11.0 Å². The minimum absolute atomic E-state index is 0.408. The summed E-state index contributed by atoms with van der Waals surface area (Å²) >= 11 is 0. The highest BCUT2D eigenvalue weighted by atomic mass is 16.5. The molecule has 0 fully saturated rings. The van der Waals surface area contributed by atoms with Crippen LogP contribution in [0.5, 0.6) is 5.75 Å². The van der Waals surface area contributed by atoms with Crippen molar-refractivity contribution in [1.29, 1.82) is 0 Å². The zero-order chi connectivity index (χ0) is 20.5. The molecule has 4 nitrogen and oxygen atoms in total. The Kier molecular flexibility index (Phi) is 4.68. The SMILES string of the molecule is Cc1ccc(C)c(Cn2c(COc3ccc4ccncc4c3)nc3ccccc32)c1. The Hall–Kier alpha value is -3.66. The summed E-state index contributed by atoms with van der Waals surface area (Å²) in [6, 6.07) is 23.0. The molecule has 0 bridgehead atoms. The summed E-state index contributed by atoms with van der Waals surface area (Å²) in [4.78, 5) is 9.07. The maximum Gasteiger partial charge on any atom is 0.148 e. The molecule has 0 unspecified atom stereocenters. The summed E-state index contributed by atoms with van der Waals surface area (Å²) < 4.78 is 8.41. The van der Waals surface area contributed by atoms with Crippen LogP contribution in [0.4, 0.5) is 0 Å². The molecule has 148 valence electrons. The summed E-state index contributed by atoms with van der Waals surface area (Å²) in [6.45, 7) is 5.47. The number of para-hydroxylation sites is 2. The largest absolute Gasteiger partial charge is 0.486 e. The third-order valence-electron chi connectivity index (χ3n) is 5.55. The van der Waals surface area contributed by atoms with E-state index < -0.39 is 0 Å². The number of hydrogen-bond acceptors (Lipinski definition) is 3. The van der Waals surface area contributed by atoms with E-state index in [-0.39, 0.29) is 0 Å². The van der Waals surface area contributed by atoms with E-state index >= 15 is 0 Å². The van der Waals surface area contributed by atoms with Gasteiger partial charge in [-0.2, -0.15) is 0 Å². The molecule has 0 aliphatic rings. The highest BCUT2D eigenvalue weighted by Crippen LogP contribution is 2.23. The number of benzene rings is 3. The molecule has 30 heavy (non-hydrogen) atoms. The molecule has 0 amide bonds. The Morgan fingerprint density at radius 3 is 2.73 bits per heavy atom. The van der Waals surface area contributed by atoms with Crippen molar-refractivity contribution < 1.29 is 4.74 Å². The van der Waals surface area contributed by atoms with Gasteiger partial charge in [-0.05, 0) is 60.7 Å². The van der Waals surface area contributed by atoms with Crippen LogP contribution in [0, 0.1) is 13.8 Å². The maximum atomic E-state index is 6.15. The standard InChI is InChI=1S/C26H23N3O/c1-18-7-8-19(2)22(13-18)16-29-25-6-4-3-5-24(25)28-26(29)17-30-23-10-9-20-11-12-27-15-21(20)14-23/h3-15H,16-17H2,1-2H3. The van der Waals surface area contributed by atoms with Gasteiger partial charge in [-0.3, -0.25) is 4.98 Å². The number of rotatable bonds is 5. The summed E-state index contributed by atoms with van der Waals surface area (Å²) in [7, 11) is 0. The van der Waals surface area contributed by atoms with E-state index in [9.17, 15) is 0 Å². The van der Waals surface area contributed by atoms with E-state index in [1.165, 1.54) is 16.7 Å². The molecule has 2 aromatic heterocycles. The molecule has 5 aromatic rings. The third kappa shape index (κ3) is 3.52. The molecule has 0 atom stereocenters. The van der Waals surface area contributed by atoms with Gasteiger partial charge in [0.2, 0.25) is 0 Å². The first kappa shape index (κ1) is 18.4. The van der Waals surface area contributed by atoms with Crippen molar-refractivity contribution in [1.82, 2.24) is 14.5 Å². The van der Waals surface area contributed by atoms with E-state index in [1.807, 2.05) is 30.5 Å². The molecule has 2 heterocycles. The highest BCUT2D eigenvalue weighted by Gasteiger charge is 2.13. The fourth-order valence-corrected chi connectivity index (χ4v) is 3.85. The zero-order valence-corrected chi connectivity index (χ0v) is 17.2. The lowest BCUT2D eigenvalue weighted by molar-refractivity contribution is 0.291. The molecule has 3 aromatic carbocycles. The van der Waals surface area contributed by atoms with Crippen LogP contribution >= 0.6 is 0 Å². The quantitative estimate of drug-likeness (QED) is 0.377. The van der Waals surface area contributed by atoms with Gasteiger partial charge in [-0.1, -0.05) is 42.0 Å². The molecular formula is C26H23N3O. The van der Waals surface area contributed by atoms with Crippen LogP contribution in [0.3, 0.4) is 0 Å². The van der Waals surface area contributed by atoms with Gasteiger partial charge >= 0.3 is 0 Å². The van der Waals surface area contributed by atoms with Gasteiger partial charge in [0, 0.05) is 24.3 Å². The first-order chi connectivity index (χ1) is 14.7. The maximum absolute atomic E-state index is 6.15. The molecule has 0 spiro atoms. The predicted molar refractivity (Wildman–Crippen MR) is 121 cm³/mol. The van der Waals surface area contributed by atoms with Crippen molar-refractivity contribution in [2.45, 2.75) is 27.0 Å². The lowest BCUT2D eigenvalue weighted by Crippen LogP contribution is -2.09. The number of imidazole rings is 1. The van der Waals surface area contributed by atoms with Gasteiger partial charge in [-0.25, -0.2) is 4.98 Å². The second-order valence-electron chi connectivity index (χ2n) is 7.71. The first-order valence-electron chi connectivity index (χ1n) is 10.1. The molecule has 0 saturated carbocycles. The van der Waals surface area contributed by atoms with Gasteiger partial charge in [0.25, 0.3) is 0 Å². The van der Waals surface area contributed by atoms with E-state index in [4.69, 9.17) is 9.72 Å². The minimum atomic E-state index is 0.408. The summed E-state index contributed by atoms with van der Waals surface area (Å²) in [5.74, 6) is 1.74. The van der Waals surface area contributed by atoms with Crippen LogP contribution in [0.1, 0.15) is 22.5 Å². The van der Waals surface area contributed by atoms with E-state index in [0.29, 0.717) is 6.61 Å². The van der Waals surface area contributed by atoms with Crippen molar-refractivity contribution in [3.63, 3.8) is 0 Å². The minimum Gasteiger partial charge on any atom is -0.486 e. The van der Waals surface area contributed by atoms with Crippen molar-refractivity contribution >= 4 is 21.8 Å². The Morgan fingerprint density at radius 2 is 1.80 bits per heavy atom. The van der Waals surface area contributed by atoms with Crippen LogP contribution in [0.25, 0.3) is 21.8 Å². The average molecular weight is 393 g/mol. The number of pyridine rings is 1. The first-order valence-corrected chi connectivity index (χ1v) is 10.1. The second-order valence-corrected chi connectivity index (χ2v) is 7.71. The fourth-order valence-electron chi connectivity index (χ4n) is 3.85. The van der Waals surface area contributed by atoms with Crippen molar-refractivity contribution in [3.8, 4) is 5.75 Å². The number of ether oxygens (including phenoxy) is 1.